The maximum Gasteiger partial charge on any atom is 0.393 e. The number of hydrogen-bond donors (Lipinski definition) is 0. The Morgan fingerprint density at radius 2 is 2.00 bits per heavy atom. The molecule has 1 saturated heterocycles. The van der Waals surface area contributed by atoms with E-state index in [9.17, 15) is 13.2 Å². The zero-order valence-corrected chi connectivity index (χ0v) is 12.8. The highest BCUT2D eigenvalue weighted by atomic mass is 19.4. The Labute approximate surface area is 132 Å². The normalized spacial score (nSPS) is 21.3. The average Bonchev–Trinajstić information content (AvgIpc) is 3.04. The molecule has 0 amide bonds. The van der Waals surface area contributed by atoms with E-state index in [1.807, 2.05) is 30.3 Å². The van der Waals surface area contributed by atoms with E-state index < -0.39 is 12.1 Å². The van der Waals surface area contributed by atoms with Gasteiger partial charge in [0.2, 0.25) is 11.7 Å². The van der Waals surface area contributed by atoms with E-state index in [0.29, 0.717) is 24.7 Å². The maximum atomic E-state index is 12.9. The van der Waals surface area contributed by atoms with Crippen molar-refractivity contribution in [3.8, 4) is 11.4 Å². The summed E-state index contributed by atoms with van der Waals surface area (Å²) in [6, 6.07) is 9.02. The molecule has 124 valence electrons. The van der Waals surface area contributed by atoms with Crippen LogP contribution >= 0.6 is 0 Å². The molecule has 0 N–H and O–H groups in total. The number of alkyl halides is 3. The second-order valence-corrected chi connectivity index (χ2v) is 5.87. The van der Waals surface area contributed by atoms with Gasteiger partial charge in [-0.2, -0.15) is 18.2 Å². The standard InChI is InChI=1S/C16H18F3N3O/c1-11(22-9-5-8-13(10-22)16(17,18)19)15-20-14(21-23-15)12-6-3-2-4-7-12/h2-4,6-7,11,13H,5,8-10H2,1H3. The lowest BCUT2D eigenvalue weighted by atomic mass is 9.96. The van der Waals surface area contributed by atoms with Gasteiger partial charge in [0.1, 0.15) is 0 Å². The Balaban J connectivity index is 1.73. The predicted octanol–water partition coefficient (Wildman–Crippen LogP) is 4.07. The lowest BCUT2D eigenvalue weighted by Gasteiger charge is -2.36. The van der Waals surface area contributed by atoms with Crippen molar-refractivity contribution in [3.63, 3.8) is 0 Å². The fraction of sp³-hybridized carbons (Fsp3) is 0.500. The Kier molecular flexibility index (Phi) is 4.39. The zero-order valence-electron chi connectivity index (χ0n) is 12.8. The van der Waals surface area contributed by atoms with Crippen molar-refractivity contribution in [2.75, 3.05) is 13.1 Å². The van der Waals surface area contributed by atoms with Crippen LogP contribution in [0.15, 0.2) is 34.9 Å². The second-order valence-electron chi connectivity index (χ2n) is 5.87. The SMILES string of the molecule is CC(c1nc(-c2ccccc2)no1)N1CCCC(C(F)(F)F)C1. The lowest BCUT2D eigenvalue weighted by Crippen LogP contribution is -2.42. The molecule has 1 aliphatic heterocycles. The summed E-state index contributed by atoms with van der Waals surface area (Å²) in [5.74, 6) is -0.473. The van der Waals surface area contributed by atoms with Gasteiger partial charge in [0, 0.05) is 12.1 Å². The molecule has 4 nitrogen and oxygen atoms in total. The number of nitrogens with zero attached hydrogens (tertiary/aromatic N) is 3. The van der Waals surface area contributed by atoms with Gasteiger partial charge in [-0.1, -0.05) is 35.5 Å². The average molecular weight is 325 g/mol. The number of piperidine rings is 1. The van der Waals surface area contributed by atoms with Gasteiger partial charge in [0.05, 0.1) is 12.0 Å². The lowest BCUT2D eigenvalue weighted by molar-refractivity contribution is -0.188. The summed E-state index contributed by atoms with van der Waals surface area (Å²) in [7, 11) is 0. The highest BCUT2D eigenvalue weighted by Gasteiger charge is 2.43. The smallest absolute Gasteiger partial charge is 0.337 e. The Bertz CT molecular complexity index is 642. The van der Waals surface area contributed by atoms with Crippen LogP contribution in [-0.2, 0) is 0 Å². The van der Waals surface area contributed by atoms with Gasteiger partial charge < -0.3 is 4.52 Å². The quantitative estimate of drug-likeness (QED) is 0.853. The minimum absolute atomic E-state index is 0.0201. The summed E-state index contributed by atoms with van der Waals surface area (Å²) in [5.41, 5.74) is 0.821. The maximum absolute atomic E-state index is 12.9. The van der Waals surface area contributed by atoms with Gasteiger partial charge in [0.25, 0.3) is 0 Å². The Morgan fingerprint density at radius 1 is 1.26 bits per heavy atom. The molecule has 0 spiro atoms. The van der Waals surface area contributed by atoms with Gasteiger partial charge >= 0.3 is 6.18 Å². The van der Waals surface area contributed by atoms with Gasteiger partial charge in [-0.25, -0.2) is 0 Å². The largest absolute Gasteiger partial charge is 0.393 e. The number of halogens is 3. The summed E-state index contributed by atoms with van der Waals surface area (Å²) < 4.78 is 44.1. The molecule has 0 radical (unpaired) electrons. The Hall–Kier alpha value is -1.89. The van der Waals surface area contributed by atoms with Gasteiger partial charge in [0.15, 0.2) is 0 Å². The molecule has 3 rings (SSSR count). The van der Waals surface area contributed by atoms with Crippen LogP contribution in [0.2, 0.25) is 0 Å². The van der Waals surface area contributed by atoms with Crippen LogP contribution in [0.5, 0.6) is 0 Å². The molecule has 0 saturated carbocycles. The molecule has 23 heavy (non-hydrogen) atoms. The summed E-state index contributed by atoms with van der Waals surface area (Å²) in [6.07, 6.45) is -3.44. The molecule has 1 aliphatic rings. The fourth-order valence-corrected chi connectivity index (χ4v) is 2.89. The van der Waals surface area contributed by atoms with Crippen molar-refractivity contribution in [1.82, 2.24) is 15.0 Å². The third kappa shape index (κ3) is 3.55. The highest BCUT2D eigenvalue weighted by molar-refractivity contribution is 5.53. The molecule has 2 unspecified atom stereocenters. The van der Waals surface area contributed by atoms with E-state index in [1.54, 1.807) is 11.8 Å². The van der Waals surface area contributed by atoms with Crippen molar-refractivity contribution in [2.45, 2.75) is 32.0 Å². The first kappa shape index (κ1) is 16.0. The van der Waals surface area contributed by atoms with Crippen molar-refractivity contribution >= 4 is 0 Å². The molecular weight excluding hydrogens is 307 g/mol. The fourth-order valence-electron chi connectivity index (χ4n) is 2.89. The molecule has 0 bridgehead atoms. The van der Waals surface area contributed by atoms with Crippen LogP contribution in [0.25, 0.3) is 11.4 Å². The summed E-state index contributed by atoms with van der Waals surface area (Å²) in [6.45, 7) is 2.39. The number of benzene rings is 1. The van der Waals surface area contributed by atoms with E-state index in [0.717, 1.165) is 5.56 Å². The summed E-state index contributed by atoms with van der Waals surface area (Å²) in [4.78, 5) is 6.11. The van der Waals surface area contributed by atoms with E-state index in [4.69, 9.17) is 4.52 Å². The van der Waals surface area contributed by atoms with Crippen molar-refractivity contribution in [1.29, 1.82) is 0 Å². The number of hydrogen-bond acceptors (Lipinski definition) is 4. The Morgan fingerprint density at radius 3 is 2.70 bits per heavy atom. The molecule has 2 atom stereocenters. The molecule has 1 aromatic heterocycles. The van der Waals surface area contributed by atoms with Crippen LogP contribution in [0.1, 0.15) is 31.7 Å². The first-order chi connectivity index (χ1) is 10.9. The van der Waals surface area contributed by atoms with E-state index in [1.165, 1.54) is 0 Å². The molecule has 2 aromatic rings. The van der Waals surface area contributed by atoms with Crippen molar-refractivity contribution in [3.05, 3.63) is 36.2 Å². The third-order valence-electron chi connectivity index (χ3n) is 4.29. The minimum Gasteiger partial charge on any atom is -0.337 e. The molecular formula is C16H18F3N3O. The first-order valence-electron chi connectivity index (χ1n) is 7.65. The minimum atomic E-state index is -4.15. The third-order valence-corrected chi connectivity index (χ3v) is 4.29. The van der Waals surface area contributed by atoms with Crippen LogP contribution in [-0.4, -0.2) is 34.3 Å². The first-order valence-corrected chi connectivity index (χ1v) is 7.65. The van der Waals surface area contributed by atoms with Crippen molar-refractivity contribution in [2.24, 2.45) is 5.92 Å². The van der Waals surface area contributed by atoms with Crippen LogP contribution in [0.3, 0.4) is 0 Å². The monoisotopic (exact) mass is 325 g/mol. The second kappa shape index (κ2) is 6.31. The molecule has 1 aromatic carbocycles. The topological polar surface area (TPSA) is 42.2 Å². The molecule has 0 aliphatic carbocycles. The van der Waals surface area contributed by atoms with E-state index in [2.05, 4.69) is 10.1 Å². The number of likely N-dealkylation sites (tertiary alicyclic amines) is 1. The van der Waals surface area contributed by atoms with Gasteiger partial charge in [-0.3, -0.25) is 4.90 Å². The zero-order chi connectivity index (χ0) is 16.4. The van der Waals surface area contributed by atoms with Crippen molar-refractivity contribution < 1.29 is 17.7 Å². The summed E-state index contributed by atoms with van der Waals surface area (Å²) in [5, 5.41) is 3.94. The van der Waals surface area contributed by atoms with Gasteiger partial charge in [-0.05, 0) is 26.3 Å². The molecule has 1 fully saturated rings. The number of rotatable bonds is 3. The number of aromatic nitrogens is 2. The van der Waals surface area contributed by atoms with E-state index in [-0.39, 0.29) is 19.0 Å². The van der Waals surface area contributed by atoms with Gasteiger partial charge in [-0.15, -0.1) is 0 Å². The van der Waals surface area contributed by atoms with E-state index >= 15 is 0 Å². The highest BCUT2D eigenvalue weighted by Crippen LogP contribution is 2.35. The molecule has 2 heterocycles. The summed E-state index contributed by atoms with van der Waals surface area (Å²) >= 11 is 0. The predicted molar refractivity (Wildman–Crippen MR) is 78.5 cm³/mol. The molecule has 7 heteroatoms. The van der Waals surface area contributed by atoms with Crippen LogP contribution in [0.4, 0.5) is 13.2 Å². The van der Waals surface area contributed by atoms with Crippen LogP contribution < -0.4 is 0 Å². The van der Waals surface area contributed by atoms with Crippen LogP contribution in [0, 0.1) is 5.92 Å².